The zero-order valence-corrected chi connectivity index (χ0v) is 12.6. The molecule has 2 atom stereocenters. The van der Waals surface area contributed by atoms with Gasteiger partial charge in [-0.25, -0.2) is 4.39 Å². The fourth-order valence-corrected chi connectivity index (χ4v) is 2.76. The maximum Gasteiger partial charge on any atom is 0.257 e. The van der Waals surface area contributed by atoms with E-state index in [0.29, 0.717) is 31.2 Å². The second kappa shape index (κ2) is 6.89. The van der Waals surface area contributed by atoms with Gasteiger partial charge in [0.15, 0.2) is 11.6 Å². The van der Waals surface area contributed by atoms with Crippen molar-refractivity contribution in [3.8, 4) is 5.75 Å². The second-order valence-electron chi connectivity index (χ2n) is 5.56. The smallest absolute Gasteiger partial charge is 0.257 e. The molecule has 0 radical (unpaired) electrons. The van der Waals surface area contributed by atoms with Gasteiger partial charge in [0.1, 0.15) is 0 Å². The molecule has 5 heteroatoms. The molecule has 1 aliphatic heterocycles. The number of nitrogens with zero attached hydrogens (tertiary/aromatic N) is 1. The van der Waals surface area contributed by atoms with Crippen molar-refractivity contribution in [2.45, 2.75) is 32.7 Å². The topological polar surface area (TPSA) is 55.6 Å². The quantitative estimate of drug-likeness (QED) is 0.928. The van der Waals surface area contributed by atoms with Crippen LogP contribution in [0.4, 0.5) is 4.39 Å². The minimum atomic E-state index is -0.497. The minimum Gasteiger partial charge on any atom is -0.490 e. The number of hydrogen-bond acceptors (Lipinski definition) is 3. The zero-order chi connectivity index (χ0) is 15.4. The van der Waals surface area contributed by atoms with Gasteiger partial charge in [0.2, 0.25) is 0 Å². The summed E-state index contributed by atoms with van der Waals surface area (Å²) in [5.41, 5.74) is 6.24. The number of halogens is 1. The van der Waals surface area contributed by atoms with Crippen LogP contribution in [0, 0.1) is 11.7 Å². The van der Waals surface area contributed by atoms with Gasteiger partial charge in [-0.15, -0.1) is 0 Å². The lowest BCUT2D eigenvalue weighted by Crippen LogP contribution is -2.45. The van der Waals surface area contributed by atoms with Crippen molar-refractivity contribution in [3.05, 3.63) is 29.6 Å². The molecule has 1 fully saturated rings. The Morgan fingerprint density at radius 1 is 1.57 bits per heavy atom. The molecule has 0 aliphatic carbocycles. The summed E-state index contributed by atoms with van der Waals surface area (Å²) in [4.78, 5) is 14.4. The largest absolute Gasteiger partial charge is 0.490 e. The highest BCUT2D eigenvalue weighted by atomic mass is 19.1. The minimum absolute atomic E-state index is 0.0490. The van der Waals surface area contributed by atoms with Crippen molar-refractivity contribution >= 4 is 5.91 Å². The maximum atomic E-state index is 13.9. The third kappa shape index (κ3) is 3.53. The number of rotatable bonds is 4. The molecule has 2 rings (SSSR count). The molecule has 1 amide bonds. The van der Waals surface area contributed by atoms with Crippen molar-refractivity contribution in [1.82, 2.24) is 4.90 Å². The van der Waals surface area contributed by atoms with E-state index in [1.54, 1.807) is 17.9 Å². The van der Waals surface area contributed by atoms with Crippen LogP contribution in [0.1, 0.15) is 37.0 Å². The molecule has 2 N–H and O–H groups in total. The van der Waals surface area contributed by atoms with E-state index in [-0.39, 0.29) is 17.7 Å². The first-order chi connectivity index (χ1) is 10.0. The van der Waals surface area contributed by atoms with Gasteiger partial charge >= 0.3 is 0 Å². The van der Waals surface area contributed by atoms with Crippen LogP contribution in [0.25, 0.3) is 0 Å². The van der Waals surface area contributed by atoms with Gasteiger partial charge in [0, 0.05) is 19.1 Å². The van der Waals surface area contributed by atoms with Gasteiger partial charge in [-0.1, -0.05) is 6.07 Å². The van der Waals surface area contributed by atoms with Gasteiger partial charge in [0.25, 0.3) is 5.91 Å². The number of para-hydroxylation sites is 1. The molecular weight excluding hydrogens is 271 g/mol. The summed E-state index contributed by atoms with van der Waals surface area (Å²) in [5.74, 6) is -0.327. The number of likely N-dealkylation sites (tertiary alicyclic amines) is 1. The molecule has 1 aromatic carbocycles. The van der Waals surface area contributed by atoms with Gasteiger partial charge in [-0.2, -0.15) is 0 Å². The highest BCUT2D eigenvalue weighted by molar-refractivity contribution is 5.97. The summed E-state index contributed by atoms with van der Waals surface area (Å²) in [6.07, 6.45) is 1.96. The first-order valence-corrected chi connectivity index (χ1v) is 7.50. The lowest BCUT2D eigenvalue weighted by atomic mass is 9.92. The Bertz CT molecular complexity index is 505. The molecule has 1 heterocycles. The molecule has 0 spiro atoms. The third-order valence-corrected chi connectivity index (χ3v) is 3.97. The lowest BCUT2D eigenvalue weighted by molar-refractivity contribution is 0.0656. The summed E-state index contributed by atoms with van der Waals surface area (Å²) < 4.78 is 19.2. The van der Waals surface area contributed by atoms with Crippen LogP contribution in [0.15, 0.2) is 18.2 Å². The molecular formula is C16H23FN2O2. The van der Waals surface area contributed by atoms with Crippen molar-refractivity contribution in [3.63, 3.8) is 0 Å². The fourth-order valence-electron chi connectivity index (χ4n) is 2.76. The standard InChI is InChI=1S/C16H23FN2O2/c1-3-21-15-13(7-4-8-14(15)17)16(20)19-9-5-6-12(10-19)11(2)18/h4,7-8,11-12H,3,5-6,9-10,18H2,1-2H3/t11-,12+/m1/s1. The predicted octanol–water partition coefficient (Wildman–Crippen LogP) is 2.42. The molecule has 0 aromatic heterocycles. The highest BCUT2D eigenvalue weighted by Crippen LogP contribution is 2.27. The van der Waals surface area contributed by atoms with Crippen LogP contribution >= 0.6 is 0 Å². The van der Waals surface area contributed by atoms with Gasteiger partial charge < -0.3 is 15.4 Å². The number of nitrogens with two attached hydrogens (primary N) is 1. The number of carbonyl (C=O) groups is 1. The molecule has 4 nitrogen and oxygen atoms in total. The average molecular weight is 294 g/mol. The SMILES string of the molecule is CCOc1c(F)cccc1C(=O)N1CCC[C@H]([C@@H](C)N)C1. The van der Waals surface area contributed by atoms with Gasteiger partial charge in [0.05, 0.1) is 12.2 Å². The number of benzene rings is 1. The number of ether oxygens (including phenoxy) is 1. The fraction of sp³-hybridized carbons (Fsp3) is 0.562. The van der Waals surface area contributed by atoms with E-state index < -0.39 is 5.82 Å². The number of piperidine rings is 1. The summed E-state index contributed by atoms with van der Waals surface area (Å²) in [7, 11) is 0. The molecule has 21 heavy (non-hydrogen) atoms. The Balaban J connectivity index is 2.21. The Kier molecular flexibility index (Phi) is 5.17. The van der Waals surface area contributed by atoms with E-state index in [1.807, 2.05) is 6.92 Å². The lowest BCUT2D eigenvalue weighted by Gasteiger charge is -2.35. The highest BCUT2D eigenvalue weighted by Gasteiger charge is 2.28. The average Bonchev–Trinajstić information content (AvgIpc) is 2.49. The number of carbonyl (C=O) groups excluding carboxylic acids is 1. The number of amides is 1. The van der Waals surface area contributed by atoms with Gasteiger partial charge in [-0.05, 0) is 44.7 Å². The molecule has 1 saturated heterocycles. The normalized spacial score (nSPS) is 20.2. The summed E-state index contributed by atoms with van der Waals surface area (Å²) in [5, 5.41) is 0. The second-order valence-corrected chi connectivity index (χ2v) is 5.56. The first kappa shape index (κ1) is 15.8. The van der Waals surface area contributed by atoms with Crippen LogP contribution in [0.5, 0.6) is 5.75 Å². The first-order valence-electron chi connectivity index (χ1n) is 7.50. The molecule has 116 valence electrons. The van der Waals surface area contributed by atoms with Gasteiger partial charge in [-0.3, -0.25) is 4.79 Å². The van der Waals surface area contributed by atoms with Crippen LogP contribution in [0.2, 0.25) is 0 Å². The van der Waals surface area contributed by atoms with E-state index in [0.717, 1.165) is 12.8 Å². The Hall–Kier alpha value is -1.62. The maximum absolute atomic E-state index is 13.9. The molecule has 1 aliphatic rings. The molecule has 0 saturated carbocycles. The van der Waals surface area contributed by atoms with Crippen LogP contribution in [-0.2, 0) is 0 Å². The Labute approximate surface area is 125 Å². The molecule has 1 aromatic rings. The summed E-state index contributed by atoms with van der Waals surface area (Å²) in [6.45, 7) is 5.37. The monoisotopic (exact) mass is 294 g/mol. The van der Waals surface area contributed by atoms with E-state index in [4.69, 9.17) is 10.5 Å². The predicted molar refractivity (Wildman–Crippen MR) is 79.8 cm³/mol. The van der Waals surface area contributed by atoms with E-state index >= 15 is 0 Å². The third-order valence-electron chi connectivity index (χ3n) is 3.97. The van der Waals surface area contributed by atoms with Crippen LogP contribution in [-0.4, -0.2) is 36.5 Å². The van der Waals surface area contributed by atoms with Crippen molar-refractivity contribution < 1.29 is 13.9 Å². The Morgan fingerprint density at radius 2 is 2.33 bits per heavy atom. The van der Waals surface area contributed by atoms with Crippen molar-refractivity contribution in [2.75, 3.05) is 19.7 Å². The van der Waals surface area contributed by atoms with E-state index in [1.165, 1.54) is 12.1 Å². The summed E-state index contributed by atoms with van der Waals surface area (Å²) >= 11 is 0. The van der Waals surface area contributed by atoms with Crippen molar-refractivity contribution in [2.24, 2.45) is 11.7 Å². The summed E-state index contributed by atoms with van der Waals surface area (Å²) in [6, 6.07) is 4.52. The zero-order valence-electron chi connectivity index (χ0n) is 12.6. The van der Waals surface area contributed by atoms with E-state index in [2.05, 4.69) is 0 Å². The van der Waals surface area contributed by atoms with Crippen molar-refractivity contribution in [1.29, 1.82) is 0 Å². The Morgan fingerprint density at radius 3 is 3.00 bits per heavy atom. The van der Waals surface area contributed by atoms with E-state index in [9.17, 15) is 9.18 Å². The van der Waals surface area contributed by atoms with Crippen LogP contribution < -0.4 is 10.5 Å². The molecule has 0 unspecified atom stereocenters. The molecule has 0 bridgehead atoms. The number of hydrogen-bond donors (Lipinski definition) is 1. The van der Waals surface area contributed by atoms with Crippen LogP contribution in [0.3, 0.4) is 0 Å².